The standard InChI is InChI=1S/C13H13Cl2NO/c14-9-3-4-11(15)10(7-9)12(17)13(8-16)5-1-2-6-13/h3-4,7,12,17H,1-2,5-6H2. The summed E-state index contributed by atoms with van der Waals surface area (Å²) in [5.41, 5.74) is -0.142. The van der Waals surface area contributed by atoms with Gasteiger partial charge in [0.15, 0.2) is 0 Å². The third-order valence-electron chi connectivity index (χ3n) is 3.49. The van der Waals surface area contributed by atoms with Crippen molar-refractivity contribution in [3.8, 4) is 6.07 Å². The molecule has 1 saturated carbocycles. The highest BCUT2D eigenvalue weighted by atomic mass is 35.5. The van der Waals surface area contributed by atoms with Crippen molar-refractivity contribution >= 4 is 23.2 Å². The molecule has 0 aliphatic heterocycles. The molecule has 2 nitrogen and oxygen atoms in total. The van der Waals surface area contributed by atoms with Crippen LogP contribution in [0, 0.1) is 16.7 Å². The number of hydrogen-bond acceptors (Lipinski definition) is 2. The van der Waals surface area contributed by atoms with Gasteiger partial charge >= 0.3 is 0 Å². The first-order valence-electron chi connectivity index (χ1n) is 5.63. The normalized spacial score (nSPS) is 19.9. The van der Waals surface area contributed by atoms with E-state index in [-0.39, 0.29) is 0 Å². The molecule has 0 bridgehead atoms. The molecule has 1 aromatic carbocycles. The minimum Gasteiger partial charge on any atom is -0.387 e. The van der Waals surface area contributed by atoms with E-state index in [9.17, 15) is 10.4 Å². The van der Waals surface area contributed by atoms with Crippen molar-refractivity contribution in [2.45, 2.75) is 31.8 Å². The molecule has 17 heavy (non-hydrogen) atoms. The molecule has 1 aromatic rings. The van der Waals surface area contributed by atoms with Gasteiger partial charge in [-0.2, -0.15) is 5.26 Å². The number of nitriles is 1. The number of halogens is 2. The Morgan fingerprint density at radius 3 is 2.53 bits per heavy atom. The molecule has 1 aliphatic rings. The maximum Gasteiger partial charge on any atom is 0.0991 e. The predicted molar refractivity (Wildman–Crippen MR) is 67.9 cm³/mol. The van der Waals surface area contributed by atoms with E-state index in [1.54, 1.807) is 18.2 Å². The zero-order valence-corrected chi connectivity index (χ0v) is 10.8. The van der Waals surface area contributed by atoms with Gasteiger partial charge in [0.05, 0.1) is 17.6 Å². The van der Waals surface area contributed by atoms with Gasteiger partial charge in [0.1, 0.15) is 0 Å². The Labute approximate surface area is 111 Å². The third-order valence-corrected chi connectivity index (χ3v) is 4.07. The summed E-state index contributed by atoms with van der Waals surface area (Å²) in [7, 11) is 0. The summed E-state index contributed by atoms with van der Waals surface area (Å²) in [4.78, 5) is 0. The monoisotopic (exact) mass is 269 g/mol. The molecule has 1 N–H and O–H groups in total. The van der Waals surface area contributed by atoms with Crippen LogP contribution in [0.15, 0.2) is 18.2 Å². The zero-order valence-electron chi connectivity index (χ0n) is 9.29. The number of rotatable bonds is 2. The first-order chi connectivity index (χ1) is 8.09. The van der Waals surface area contributed by atoms with Crippen molar-refractivity contribution in [1.29, 1.82) is 5.26 Å². The van der Waals surface area contributed by atoms with Gasteiger partial charge in [-0.1, -0.05) is 36.0 Å². The van der Waals surface area contributed by atoms with Crippen LogP contribution >= 0.6 is 23.2 Å². The molecular formula is C13H13Cl2NO. The van der Waals surface area contributed by atoms with Crippen LogP contribution in [0.5, 0.6) is 0 Å². The van der Waals surface area contributed by atoms with E-state index >= 15 is 0 Å². The third kappa shape index (κ3) is 2.28. The van der Waals surface area contributed by atoms with Gasteiger partial charge in [0, 0.05) is 15.6 Å². The Morgan fingerprint density at radius 2 is 1.94 bits per heavy atom. The lowest BCUT2D eigenvalue weighted by Gasteiger charge is -2.27. The molecule has 0 aromatic heterocycles. The van der Waals surface area contributed by atoms with Crippen LogP contribution in [-0.2, 0) is 0 Å². The van der Waals surface area contributed by atoms with Crippen molar-refractivity contribution in [2.24, 2.45) is 5.41 Å². The summed E-state index contributed by atoms with van der Waals surface area (Å²) in [6.45, 7) is 0. The first-order valence-corrected chi connectivity index (χ1v) is 6.39. The second-order valence-electron chi connectivity index (χ2n) is 4.54. The molecule has 90 valence electrons. The lowest BCUT2D eigenvalue weighted by molar-refractivity contribution is 0.0672. The van der Waals surface area contributed by atoms with E-state index in [4.69, 9.17) is 23.2 Å². The fraction of sp³-hybridized carbons (Fsp3) is 0.462. The average molecular weight is 270 g/mol. The maximum atomic E-state index is 10.4. The molecule has 0 amide bonds. The molecule has 4 heteroatoms. The number of aliphatic hydroxyl groups excluding tert-OH is 1. The number of hydrogen-bond donors (Lipinski definition) is 1. The van der Waals surface area contributed by atoms with E-state index in [1.165, 1.54) is 0 Å². The van der Waals surface area contributed by atoms with Crippen molar-refractivity contribution in [3.63, 3.8) is 0 Å². The molecule has 0 radical (unpaired) electrons. The lowest BCUT2D eigenvalue weighted by Crippen LogP contribution is -2.24. The minimum absolute atomic E-state index is 0.462. The molecule has 0 heterocycles. The topological polar surface area (TPSA) is 44.0 Å². The lowest BCUT2D eigenvalue weighted by atomic mass is 9.79. The van der Waals surface area contributed by atoms with Gasteiger partial charge < -0.3 is 5.11 Å². The Bertz CT molecular complexity index is 461. The zero-order chi connectivity index (χ0) is 12.5. The molecule has 1 unspecified atom stereocenters. The molecular weight excluding hydrogens is 257 g/mol. The highest BCUT2D eigenvalue weighted by molar-refractivity contribution is 6.33. The van der Waals surface area contributed by atoms with Crippen LogP contribution in [-0.4, -0.2) is 5.11 Å². The average Bonchev–Trinajstić information content (AvgIpc) is 2.81. The highest BCUT2D eigenvalue weighted by Gasteiger charge is 2.42. The summed E-state index contributed by atoms with van der Waals surface area (Å²) < 4.78 is 0. The van der Waals surface area contributed by atoms with E-state index in [1.807, 2.05) is 0 Å². The summed E-state index contributed by atoms with van der Waals surface area (Å²) in [6.07, 6.45) is 2.52. The van der Waals surface area contributed by atoms with Gasteiger partial charge in [-0.15, -0.1) is 0 Å². The van der Waals surface area contributed by atoms with Crippen LogP contribution < -0.4 is 0 Å². The number of nitrogens with zero attached hydrogens (tertiary/aromatic N) is 1. The SMILES string of the molecule is N#CC1(C(O)c2cc(Cl)ccc2Cl)CCCC1. The molecule has 2 rings (SSSR count). The number of aliphatic hydroxyl groups is 1. The highest BCUT2D eigenvalue weighted by Crippen LogP contribution is 2.48. The maximum absolute atomic E-state index is 10.4. The van der Waals surface area contributed by atoms with Crippen molar-refractivity contribution < 1.29 is 5.11 Å². The second kappa shape index (κ2) is 4.86. The number of benzene rings is 1. The van der Waals surface area contributed by atoms with Crippen LogP contribution in [0.25, 0.3) is 0 Å². The van der Waals surface area contributed by atoms with Crippen molar-refractivity contribution in [2.75, 3.05) is 0 Å². The van der Waals surface area contributed by atoms with Gasteiger partial charge in [0.2, 0.25) is 0 Å². The van der Waals surface area contributed by atoms with Crippen molar-refractivity contribution in [1.82, 2.24) is 0 Å². The fourth-order valence-corrected chi connectivity index (χ4v) is 2.88. The van der Waals surface area contributed by atoms with E-state index < -0.39 is 11.5 Å². The Kier molecular flexibility index (Phi) is 3.63. The Balaban J connectivity index is 2.39. The van der Waals surface area contributed by atoms with Crippen LogP contribution in [0.3, 0.4) is 0 Å². The summed E-state index contributed by atoms with van der Waals surface area (Å²) in [6, 6.07) is 7.25. The van der Waals surface area contributed by atoms with Gasteiger partial charge in [0.25, 0.3) is 0 Å². The summed E-state index contributed by atoms with van der Waals surface area (Å²) >= 11 is 12.0. The Hall–Kier alpha value is -0.750. The first kappa shape index (κ1) is 12.7. The quantitative estimate of drug-likeness (QED) is 0.878. The molecule has 1 fully saturated rings. The van der Waals surface area contributed by atoms with E-state index in [0.717, 1.165) is 12.8 Å². The molecule has 0 spiro atoms. The summed E-state index contributed by atoms with van der Waals surface area (Å²) in [5, 5.41) is 20.7. The van der Waals surface area contributed by atoms with Gasteiger partial charge in [-0.25, -0.2) is 0 Å². The van der Waals surface area contributed by atoms with E-state index in [2.05, 4.69) is 6.07 Å². The molecule has 1 atom stereocenters. The molecule has 0 saturated heterocycles. The fourth-order valence-electron chi connectivity index (χ4n) is 2.47. The molecule has 1 aliphatic carbocycles. The van der Waals surface area contributed by atoms with Crippen LogP contribution in [0.2, 0.25) is 10.0 Å². The summed E-state index contributed by atoms with van der Waals surface area (Å²) in [5.74, 6) is 0. The minimum atomic E-state index is -0.860. The second-order valence-corrected chi connectivity index (χ2v) is 5.39. The van der Waals surface area contributed by atoms with E-state index in [0.29, 0.717) is 28.5 Å². The Morgan fingerprint density at radius 1 is 1.29 bits per heavy atom. The largest absolute Gasteiger partial charge is 0.387 e. The predicted octanol–water partition coefficient (Wildman–Crippen LogP) is 4.11. The van der Waals surface area contributed by atoms with Crippen LogP contribution in [0.1, 0.15) is 37.4 Å². The van der Waals surface area contributed by atoms with Crippen LogP contribution in [0.4, 0.5) is 0 Å². The van der Waals surface area contributed by atoms with Crippen molar-refractivity contribution in [3.05, 3.63) is 33.8 Å². The van der Waals surface area contributed by atoms with Gasteiger partial charge in [-0.3, -0.25) is 0 Å². The van der Waals surface area contributed by atoms with Gasteiger partial charge in [-0.05, 0) is 31.0 Å². The smallest absolute Gasteiger partial charge is 0.0991 e.